The average Bonchev–Trinajstić information content (AvgIpc) is 3.17. The van der Waals surface area contributed by atoms with Crippen LogP contribution in [0.1, 0.15) is 42.6 Å². The molecule has 1 aliphatic heterocycles. The smallest absolute Gasteiger partial charge is 0.263 e. The highest BCUT2D eigenvalue weighted by atomic mass is 16.3. The van der Waals surface area contributed by atoms with Crippen molar-refractivity contribution in [3.8, 4) is 0 Å². The third-order valence-electron chi connectivity index (χ3n) is 6.52. The number of likely N-dealkylation sites (tertiary alicyclic amines) is 1. The quantitative estimate of drug-likeness (QED) is 0.788. The van der Waals surface area contributed by atoms with Crippen molar-refractivity contribution in [3.63, 3.8) is 0 Å². The molecule has 1 aromatic rings. The molecule has 1 saturated carbocycles. The molecular formula is C21H32N2O4. The molecule has 0 aromatic carbocycles. The SMILES string of the molecule is Cc1ccn(CCC(C)C)c(=O)c1C(=O)N1C[C@@H]2C[C@H](CO)[C@H](CO)[C@@H]2C1. The van der Waals surface area contributed by atoms with Gasteiger partial charge in [0.1, 0.15) is 5.56 Å². The van der Waals surface area contributed by atoms with Crippen LogP contribution in [0.25, 0.3) is 0 Å². The Morgan fingerprint density at radius 1 is 1.26 bits per heavy atom. The minimum atomic E-state index is -0.204. The van der Waals surface area contributed by atoms with E-state index in [-0.39, 0.29) is 48.0 Å². The summed E-state index contributed by atoms with van der Waals surface area (Å²) in [5.74, 6) is 0.971. The predicted molar refractivity (Wildman–Crippen MR) is 104 cm³/mol. The summed E-state index contributed by atoms with van der Waals surface area (Å²) in [4.78, 5) is 27.8. The molecule has 2 fully saturated rings. The van der Waals surface area contributed by atoms with Gasteiger partial charge in [-0.2, -0.15) is 0 Å². The topological polar surface area (TPSA) is 82.8 Å². The van der Waals surface area contributed by atoms with Crippen LogP contribution in [0.15, 0.2) is 17.1 Å². The molecule has 27 heavy (non-hydrogen) atoms. The van der Waals surface area contributed by atoms with Crippen LogP contribution in [-0.4, -0.2) is 51.9 Å². The molecule has 0 unspecified atom stereocenters. The van der Waals surface area contributed by atoms with Gasteiger partial charge in [0.25, 0.3) is 11.5 Å². The number of carbonyl (C=O) groups excluding carboxylic acids is 1. The van der Waals surface area contributed by atoms with E-state index in [0.717, 1.165) is 18.4 Å². The Labute approximate surface area is 160 Å². The second kappa shape index (κ2) is 8.15. The van der Waals surface area contributed by atoms with Crippen LogP contribution in [0.2, 0.25) is 0 Å². The van der Waals surface area contributed by atoms with Crippen molar-refractivity contribution in [2.45, 2.75) is 40.2 Å². The highest BCUT2D eigenvalue weighted by Crippen LogP contribution is 2.45. The van der Waals surface area contributed by atoms with Crippen molar-refractivity contribution in [1.82, 2.24) is 9.47 Å². The number of rotatable bonds is 6. The van der Waals surface area contributed by atoms with Crippen molar-refractivity contribution < 1.29 is 15.0 Å². The second-order valence-electron chi connectivity index (χ2n) is 8.71. The number of aliphatic hydroxyl groups is 2. The zero-order valence-electron chi connectivity index (χ0n) is 16.6. The summed E-state index contributed by atoms with van der Waals surface area (Å²) in [7, 11) is 0. The molecule has 2 aliphatic rings. The van der Waals surface area contributed by atoms with Gasteiger partial charge in [0.2, 0.25) is 0 Å². The normalized spacial score (nSPS) is 27.4. The number of carbonyl (C=O) groups is 1. The first-order chi connectivity index (χ1) is 12.9. The van der Waals surface area contributed by atoms with Gasteiger partial charge in [0.05, 0.1) is 0 Å². The molecule has 0 bridgehead atoms. The fourth-order valence-electron chi connectivity index (χ4n) is 4.86. The summed E-state index contributed by atoms with van der Waals surface area (Å²) in [6, 6.07) is 1.85. The monoisotopic (exact) mass is 376 g/mol. The van der Waals surface area contributed by atoms with Crippen LogP contribution < -0.4 is 5.56 Å². The first-order valence-electron chi connectivity index (χ1n) is 10.1. The van der Waals surface area contributed by atoms with E-state index in [9.17, 15) is 19.8 Å². The van der Waals surface area contributed by atoms with Gasteiger partial charge < -0.3 is 19.7 Å². The zero-order chi connectivity index (χ0) is 19.7. The Bertz CT molecular complexity index is 742. The van der Waals surface area contributed by atoms with E-state index in [0.29, 0.717) is 31.5 Å². The van der Waals surface area contributed by atoms with Gasteiger partial charge >= 0.3 is 0 Å². The molecule has 3 rings (SSSR count). The summed E-state index contributed by atoms with van der Waals surface area (Å²) < 4.78 is 1.65. The minimum Gasteiger partial charge on any atom is -0.396 e. The van der Waals surface area contributed by atoms with Gasteiger partial charge in [-0.15, -0.1) is 0 Å². The van der Waals surface area contributed by atoms with E-state index >= 15 is 0 Å². The summed E-state index contributed by atoms with van der Waals surface area (Å²) >= 11 is 0. The molecule has 4 atom stereocenters. The number of amides is 1. The third kappa shape index (κ3) is 3.83. The molecule has 1 aliphatic carbocycles. The van der Waals surface area contributed by atoms with Crippen LogP contribution in [0, 0.1) is 36.5 Å². The predicted octanol–water partition coefficient (Wildman–Crippen LogP) is 1.51. The number of hydrogen-bond acceptors (Lipinski definition) is 4. The number of nitrogens with zero attached hydrogens (tertiary/aromatic N) is 2. The highest BCUT2D eigenvalue weighted by Gasteiger charge is 2.48. The van der Waals surface area contributed by atoms with Crippen LogP contribution in [-0.2, 0) is 6.54 Å². The van der Waals surface area contributed by atoms with E-state index in [4.69, 9.17) is 0 Å². The minimum absolute atomic E-state index is 0.0392. The van der Waals surface area contributed by atoms with E-state index in [2.05, 4.69) is 13.8 Å². The Kier molecular flexibility index (Phi) is 6.06. The first-order valence-corrected chi connectivity index (χ1v) is 10.1. The van der Waals surface area contributed by atoms with Crippen molar-refractivity contribution in [1.29, 1.82) is 0 Å². The summed E-state index contributed by atoms with van der Waals surface area (Å²) in [5, 5.41) is 19.2. The Balaban J connectivity index is 1.79. The largest absolute Gasteiger partial charge is 0.396 e. The van der Waals surface area contributed by atoms with Crippen LogP contribution in [0.4, 0.5) is 0 Å². The molecular weight excluding hydrogens is 344 g/mol. The van der Waals surface area contributed by atoms with Crippen molar-refractivity contribution in [2.75, 3.05) is 26.3 Å². The van der Waals surface area contributed by atoms with Crippen LogP contribution in [0.3, 0.4) is 0 Å². The second-order valence-corrected chi connectivity index (χ2v) is 8.71. The number of pyridine rings is 1. The Morgan fingerprint density at radius 2 is 2.00 bits per heavy atom. The van der Waals surface area contributed by atoms with Crippen LogP contribution in [0.5, 0.6) is 0 Å². The number of fused-ring (bicyclic) bond motifs is 1. The molecule has 1 amide bonds. The van der Waals surface area contributed by atoms with Crippen molar-refractivity contribution in [2.24, 2.45) is 29.6 Å². The molecule has 1 aromatic heterocycles. The standard InChI is InChI=1S/C21H32N2O4/c1-13(2)4-6-22-7-5-14(3)19(20(22)26)21(27)23-9-15-8-16(11-24)18(12-25)17(15)10-23/h5,7,13,15-18,24-25H,4,6,8-12H2,1-3H3/t15-,16+,17+,18-/m0/s1. The maximum Gasteiger partial charge on any atom is 0.263 e. The van der Waals surface area contributed by atoms with E-state index in [1.807, 2.05) is 13.0 Å². The Morgan fingerprint density at radius 3 is 2.63 bits per heavy atom. The number of aliphatic hydroxyl groups excluding tert-OH is 2. The first kappa shape index (κ1) is 20.1. The lowest BCUT2D eigenvalue weighted by atomic mass is 9.89. The van der Waals surface area contributed by atoms with E-state index < -0.39 is 0 Å². The molecule has 0 spiro atoms. The lowest BCUT2D eigenvalue weighted by Crippen LogP contribution is -2.38. The molecule has 2 N–H and O–H groups in total. The number of aryl methyl sites for hydroxylation is 2. The number of hydrogen-bond donors (Lipinski definition) is 2. The molecule has 6 nitrogen and oxygen atoms in total. The molecule has 0 radical (unpaired) electrons. The maximum atomic E-state index is 13.2. The molecule has 1 saturated heterocycles. The highest BCUT2D eigenvalue weighted by molar-refractivity contribution is 5.95. The fraction of sp³-hybridized carbons (Fsp3) is 0.714. The van der Waals surface area contributed by atoms with Crippen LogP contribution >= 0.6 is 0 Å². The lowest BCUT2D eigenvalue weighted by Gasteiger charge is -2.24. The fourth-order valence-corrected chi connectivity index (χ4v) is 4.86. The van der Waals surface area contributed by atoms with Gasteiger partial charge in [-0.1, -0.05) is 13.8 Å². The van der Waals surface area contributed by atoms with Gasteiger partial charge in [0, 0.05) is 39.0 Å². The lowest BCUT2D eigenvalue weighted by molar-refractivity contribution is 0.0735. The molecule has 6 heteroatoms. The van der Waals surface area contributed by atoms with E-state index in [1.54, 1.807) is 15.7 Å². The molecule has 150 valence electrons. The summed E-state index contributed by atoms with van der Waals surface area (Å²) in [6.07, 6.45) is 3.51. The van der Waals surface area contributed by atoms with Crippen molar-refractivity contribution >= 4 is 5.91 Å². The Hall–Kier alpha value is -1.66. The van der Waals surface area contributed by atoms with Gasteiger partial charge in [-0.3, -0.25) is 9.59 Å². The van der Waals surface area contributed by atoms with Gasteiger partial charge in [-0.25, -0.2) is 0 Å². The van der Waals surface area contributed by atoms with Gasteiger partial charge in [0.15, 0.2) is 0 Å². The maximum absolute atomic E-state index is 13.2. The van der Waals surface area contributed by atoms with E-state index in [1.165, 1.54) is 0 Å². The zero-order valence-corrected chi connectivity index (χ0v) is 16.6. The summed E-state index contributed by atoms with van der Waals surface area (Å²) in [6.45, 7) is 7.97. The number of aromatic nitrogens is 1. The average molecular weight is 376 g/mol. The van der Waals surface area contributed by atoms with Crippen molar-refractivity contribution in [3.05, 3.63) is 33.7 Å². The summed E-state index contributed by atoms with van der Waals surface area (Å²) in [5.41, 5.74) is 0.792. The third-order valence-corrected chi connectivity index (χ3v) is 6.52. The van der Waals surface area contributed by atoms with Gasteiger partial charge in [-0.05, 0) is 61.0 Å². The molecule has 2 heterocycles.